The summed E-state index contributed by atoms with van der Waals surface area (Å²) in [4.78, 5) is 0. The average molecular weight is 291 g/mol. The Labute approximate surface area is 126 Å². The summed E-state index contributed by atoms with van der Waals surface area (Å²) in [5.41, 5.74) is 7.56. The van der Waals surface area contributed by atoms with Crippen molar-refractivity contribution in [1.29, 1.82) is 0 Å². The molecule has 116 valence electrons. The summed E-state index contributed by atoms with van der Waals surface area (Å²) in [7, 11) is 1.77. The van der Waals surface area contributed by atoms with Crippen molar-refractivity contribution in [3.63, 3.8) is 0 Å². The molecular weight excluding hydrogens is 266 g/mol. The Balaban J connectivity index is 1.77. The molecule has 4 heteroatoms. The molecule has 1 aromatic carbocycles. The molecule has 0 radical (unpaired) electrons. The second-order valence-electron chi connectivity index (χ2n) is 6.03. The fraction of sp³-hybridized carbons (Fsp3) is 0.647. The molecule has 0 saturated heterocycles. The van der Waals surface area contributed by atoms with E-state index < -0.39 is 0 Å². The van der Waals surface area contributed by atoms with Gasteiger partial charge in [0.15, 0.2) is 11.5 Å². The summed E-state index contributed by atoms with van der Waals surface area (Å²) in [5, 5.41) is 0. The molecule has 1 aliphatic heterocycles. The zero-order valence-electron chi connectivity index (χ0n) is 12.7. The Hall–Kier alpha value is -1.26. The van der Waals surface area contributed by atoms with E-state index in [4.69, 9.17) is 19.9 Å². The summed E-state index contributed by atoms with van der Waals surface area (Å²) in [6, 6.07) is 5.88. The summed E-state index contributed by atoms with van der Waals surface area (Å²) in [6.07, 6.45) is 6.43. The molecule has 0 spiro atoms. The Morgan fingerprint density at radius 2 is 1.81 bits per heavy atom. The molecule has 21 heavy (non-hydrogen) atoms. The van der Waals surface area contributed by atoms with Gasteiger partial charge in [0.2, 0.25) is 0 Å². The van der Waals surface area contributed by atoms with E-state index in [0.717, 1.165) is 17.1 Å². The number of fused-ring (bicyclic) bond motifs is 1. The van der Waals surface area contributed by atoms with E-state index in [9.17, 15) is 0 Å². The molecule has 0 aromatic heterocycles. The van der Waals surface area contributed by atoms with Crippen LogP contribution in [-0.4, -0.2) is 26.4 Å². The molecule has 1 aromatic rings. The third-order valence-corrected chi connectivity index (χ3v) is 4.69. The van der Waals surface area contributed by atoms with Crippen molar-refractivity contribution in [1.82, 2.24) is 0 Å². The number of benzene rings is 1. The standard InChI is InChI=1S/C17H25NO3/c1-19-17(12-5-3-2-4-6-12)16(18)13-7-8-14-15(11-13)21-10-9-20-14/h7-8,11-12,16-17H,2-6,9-10,18H2,1H3. The fourth-order valence-corrected chi connectivity index (χ4v) is 3.55. The predicted octanol–water partition coefficient (Wildman–Crippen LogP) is 3.05. The van der Waals surface area contributed by atoms with Crippen molar-refractivity contribution < 1.29 is 14.2 Å². The molecule has 2 atom stereocenters. The summed E-state index contributed by atoms with van der Waals surface area (Å²) in [5.74, 6) is 2.17. The average Bonchev–Trinajstić information content (AvgIpc) is 2.56. The molecule has 2 unspecified atom stereocenters. The molecular formula is C17H25NO3. The summed E-state index contributed by atoms with van der Waals surface area (Å²) in [6.45, 7) is 1.21. The van der Waals surface area contributed by atoms with Crippen LogP contribution in [0.5, 0.6) is 11.5 Å². The first kappa shape index (κ1) is 14.7. The molecule has 2 aliphatic rings. The van der Waals surface area contributed by atoms with Crippen molar-refractivity contribution in [3.05, 3.63) is 23.8 Å². The Kier molecular flexibility index (Phi) is 4.66. The summed E-state index contributed by atoms with van der Waals surface area (Å²) < 4.78 is 17.0. The van der Waals surface area contributed by atoms with Crippen molar-refractivity contribution in [3.8, 4) is 11.5 Å². The van der Waals surface area contributed by atoms with E-state index in [1.165, 1.54) is 32.1 Å². The number of hydrogen-bond acceptors (Lipinski definition) is 4. The first-order valence-electron chi connectivity index (χ1n) is 7.97. The lowest BCUT2D eigenvalue weighted by atomic mass is 9.81. The highest BCUT2D eigenvalue weighted by Crippen LogP contribution is 2.36. The monoisotopic (exact) mass is 291 g/mol. The fourth-order valence-electron chi connectivity index (χ4n) is 3.55. The molecule has 1 aliphatic carbocycles. The van der Waals surface area contributed by atoms with Crippen LogP contribution < -0.4 is 15.2 Å². The van der Waals surface area contributed by atoms with Gasteiger partial charge in [0.25, 0.3) is 0 Å². The van der Waals surface area contributed by atoms with Crippen molar-refractivity contribution in [2.24, 2.45) is 11.7 Å². The van der Waals surface area contributed by atoms with E-state index >= 15 is 0 Å². The number of nitrogens with two attached hydrogens (primary N) is 1. The van der Waals surface area contributed by atoms with E-state index in [1.807, 2.05) is 18.2 Å². The van der Waals surface area contributed by atoms with Crippen molar-refractivity contribution >= 4 is 0 Å². The van der Waals surface area contributed by atoms with Gasteiger partial charge in [0.1, 0.15) is 13.2 Å². The van der Waals surface area contributed by atoms with Crippen LogP contribution >= 0.6 is 0 Å². The lowest BCUT2D eigenvalue weighted by Gasteiger charge is -2.33. The van der Waals surface area contributed by atoms with Crippen molar-refractivity contribution in [2.75, 3.05) is 20.3 Å². The van der Waals surface area contributed by atoms with Crippen LogP contribution in [0, 0.1) is 5.92 Å². The van der Waals surface area contributed by atoms with Crippen molar-refractivity contribution in [2.45, 2.75) is 44.2 Å². The largest absolute Gasteiger partial charge is 0.486 e. The van der Waals surface area contributed by atoms with E-state index in [1.54, 1.807) is 7.11 Å². The van der Waals surface area contributed by atoms with Gasteiger partial charge in [0.05, 0.1) is 12.1 Å². The number of hydrogen-bond donors (Lipinski definition) is 1. The van der Waals surface area contributed by atoms with Gasteiger partial charge in [-0.2, -0.15) is 0 Å². The Morgan fingerprint density at radius 1 is 1.10 bits per heavy atom. The topological polar surface area (TPSA) is 53.7 Å². The van der Waals surface area contributed by atoms with Gasteiger partial charge in [-0.15, -0.1) is 0 Å². The maximum absolute atomic E-state index is 6.49. The molecule has 2 N–H and O–H groups in total. The number of methoxy groups -OCH3 is 1. The highest BCUT2D eigenvalue weighted by Gasteiger charge is 2.30. The molecule has 1 saturated carbocycles. The highest BCUT2D eigenvalue weighted by atomic mass is 16.6. The van der Waals surface area contributed by atoms with Crippen LogP contribution in [0.15, 0.2) is 18.2 Å². The van der Waals surface area contributed by atoms with E-state index in [2.05, 4.69) is 0 Å². The molecule has 1 fully saturated rings. The maximum Gasteiger partial charge on any atom is 0.161 e. The normalized spacial score (nSPS) is 21.8. The first-order chi connectivity index (χ1) is 10.3. The van der Waals surface area contributed by atoms with Gasteiger partial charge in [0, 0.05) is 7.11 Å². The highest BCUT2D eigenvalue weighted by molar-refractivity contribution is 5.44. The van der Waals surface area contributed by atoms with Gasteiger partial charge in [-0.3, -0.25) is 0 Å². The van der Waals surface area contributed by atoms with Crippen LogP contribution in [0.4, 0.5) is 0 Å². The zero-order chi connectivity index (χ0) is 14.7. The minimum absolute atomic E-state index is 0.0767. The summed E-state index contributed by atoms with van der Waals surface area (Å²) >= 11 is 0. The molecule has 1 heterocycles. The SMILES string of the molecule is COC(C1CCCCC1)C(N)c1ccc2c(c1)OCCO2. The van der Waals surface area contributed by atoms with Crippen LogP contribution in [0.2, 0.25) is 0 Å². The lowest BCUT2D eigenvalue weighted by Crippen LogP contribution is -2.36. The Morgan fingerprint density at radius 3 is 2.52 bits per heavy atom. The Bertz CT molecular complexity index is 471. The number of rotatable bonds is 4. The maximum atomic E-state index is 6.49. The van der Waals surface area contributed by atoms with Gasteiger partial charge in [-0.05, 0) is 36.5 Å². The molecule has 4 nitrogen and oxygen atoms in total. The van der Waals surface area contributed by atoms with Gasteiger partial charge in [-0.1, -0.05) is 25.3 Å². The van der Waals surface area contributed by atoms with Crippen LogP contribution in [0.25, 0.3) is 0 Å². The third kappa shape index (κ3) is 3.16. The molecule has 0 bridgehead atoms. The molecule has 3 rings (SSSR count). The number of ether oxygens (including phenoxy) is 3. The second-order valence-corrected chi connectivity index (χ2v) is 6.03. The zero-order valence-corrected chi connectivity index (χ0v) is 12.7. The van der Waals surface area contributed by atoms with Gasteiger partial charge in [-0.25, -0.2) is 0 Å². The van der Waals surface area contributed by atoms with E-state index in [0.29, 0.717) is 19.1 Å². The van der Waals surface area contributed by atoms with Gasteiger partial charge < -0.3 is 19.9 Å². The third-order valence-electron chi connectivity index (χ3n) is 4.69. The quantitative estimate of drug-likeness (QED) is 0.926. The van der Waals surface area contributed by atoms with Crippen LogP contribution in [0.3, 0.4) is 0 Å². The minimum atomic E-state index is -0.117. The van der Waals surface area contributed by atoms with Crippen LogP contribution in [0.1, 0.15) is 43.7 Å². The van der Waals surface area contributed by atoms with Crippen LogP contribution in [-0.2, 0) is 4.74 Å². The smallest absolute Gasteiger partial charge is 0.161 e. The van der Waals surface area contributed by atoms with E-state index in [-0.39, 0.29) is 12.1 Å². The second kappa shape index (κ2) is 6.67. The molecule has 0 amide bonds. The van der Waals surface area contributed by atoms with Gasteiger partial charge >= 0.3 is 0 Å². The minimum Gasteiger partial charge on any atom is -0.486 e. The lowest BCUT2D eigenvalue weighted by molar-refractivity contribution is 0.0172. The first-order valence-corrected chi connectivity index (χ1v) is 7.97. The predicted molar refractivity (Wildman–Crippen MR) is 81.7 cm³/mol.